The Bertz CT molecular complexity index is 286. The van der Waals surface area contributed by atoms with Crippen LogP contribution in [-0.4, -0.2) is 0 Å². The summed E-state index contributed by atoms with van der Waals surface area (Å²) in [6.45, 7) is 1.17. The van der Waals surface area contributed by atoms with Gasteiger partial charge in [-0.2, -0.15) is 0 Å². The van der Waals surface area contributed by atoms with E-state index in [0.717, 1.165) is 18.2 Å². The Morgan fingerprint density at radius 1 is 1.15 bits per heavy atom. The molecule has 0 nitrogen and oxygen atoms in total. The summed E-state index contributed by atoms with van der Waals surface area (Å²) >= 11 is 0. The monoisotopic (exact) mass is 192 g/mol. The van der Waals surface area contributed by atoms with Crippen molar-refractivity contribution in [1.82, 2.24) is 0 Å². The van der Waals surface area contributed by atoms with E-state index in [1.165, 1.54) is 6.92 Å². The number of halogens is 4. The molecule has 4 heteroatoms. The number of hydrogen-bond donors (Lipinski definition) is 0. The zero-order valence-corrected chi connectivity index (χ0v) is 6.95. The van der Waals surface area contributed by atoms with Gasteiger partial charge in [0.25, 0.3) is 5.92 Å². The van der Waals surface area contributed by atoms with Crippen LogP contribution in [0.1, 0.15) is 18.9 Å². The van der Waals surface area contributed by atoms with Gasteiger partial charge in [-0.3, -0.25) is 0 Å². The third-order valence-corrected chi connectivity index (χ3v) is 1.77. The summed E-state index contributed by atoms with van der Waals surface area (Å²) in [5.41, 5.74) is -1.14. The van der Waals surface area contributed by atoms with Crippen LogP contribution in [0.2, 0.25) is 0 Å². The topological polar surface area (TPSA) is 0 Å². The van der Waals surface area contributed by atoms with Crippen LogP contribution in [0.15, 0.2) is 18.2 Å². The fraction of sp³-hybridized carbons (Fsp3) is 0.333. The summed E-state index contributed by atoms with van der Waals surface area (Å²) in [6.07, 6.45) is -0.620. The lowest BCUT2D eigenvalue weighted by Crippen LogP contribution is -2.16. The van der Waals surface area contributed by atoms with Gasteiger partial charge in [-0.15, -0.1) is 0 Å². The van der Waals surface area contributed by atoms with Crippen LogP contribution in [0.4, 0.5) is 17.6 Å². The Balaban J connectivity index is 3.28. The highest BCUT2D eigenvalue weighted by Crippen LogP contribution is 2.34. The molecule has 0 unspecified atom stereocenters. The van der Waals surface area contributed by atoms with Crippen molar-refractivity contribution in [2.24, 2.45) is 0 Å². The van der Waals surface area contributed by atoms with Gasteiger partial charge < -0.3 is 0 Å². The molecule has 0 bridgehead atoms. The van der Waals surface area contributed by atoms with Crippen LogP contribution >= 0.6 is 0 Å². The summed E-state index contributed by atoms with van der Waals surface area (Å²) in [5, 5.41) is 0. The highest BCUT2D eigenvalue weighted by molar-refractivity contribution is 5.24. The lowest BCUT2D eigenvalue weighted by Gasteiger charge is -2.15. The van der Waals surface area contributed by atoms with Crippen LogP contribution in [0.5, 0.6) is 0 Å². The van der Waals surface area contributed by atoms with Crippen LogP contribution in [0.25, 0.3) is 0 Å². The third kappa shape index (κ3) is 1.82. The second-order valence-electron chi connectivity index (χ2n) is 2.65. The molecule has 0 aliphatic heterocycles. The van der Waals surface area contributed by atoms with Crippen molar-refractivity contribution in [2.75, 3.05) is 0 Å². The maximum Gasteiger partial charge on any atom is 0.278 e. The first-order valence-electron chi connectivity index (χ1n) is 3.81. The largest absolute Gasteiger partial charge is 0.278 e. The summed E-state index contributed by atoms with van der Waals surface area (Å²) < 4.78 is 51.5. The Labute approximate surface area is 73.2 Å². The Morgan fingerprint density at radius 2 is 1.62 bits per heavy atom. The molecule has 0 heterocycles. The van der Waals surface area contributed by atoms with E-state index in [9.17, 15) is 17.6 Å². The first kappa shape index (κ1) is 10.0. The molecule has 0 saturated carbocycles. The van der Waals surface area contributed by atoms with Gasteiger partial charge in [0.15, 0.2) is 0 Å². The van der Waals surface area contributed by atoms with E-state index in [0.29, 0.717) is 0 Å². The minimum absolute atomic E-state index is 0.620. The van der Waals surface area contributed by atoms with Crippen molar-refractivity contribution in [1.29, 1.82) is 0 Å². The number of hydrogen-bond acceptors (Lipinski definition) is 0. The van der Waals surface area contributed by atoms with Crippen molar-refractivity contribution >= 4 is 0 Å². The number of rotatable bonds is 2. The smallest absolute Gasteiger partial charge is 0.206 e. The normalized spacial score (nSPS) is 11.8. The van der Waals surface area contributed by atoms with Crippen molar-refractivity contribution < 1.29 is 17.6 Å². The lowest BCUT2D eigenvalue weighted by molar-refractivity contribution is -0.0153. The molecule has 72 valence electrons. The molecule has 1 rings (SSSR count). The van der Waals surface area contributed by atoms with E-state index in [1.54, 1.807) is 0 Å². The SMILES string of the molecule is CCC(F)(F)c1c(F)cccc1F. The van der Waals surface area contributed by atoms with E-state index >= 15 is 0 Å². The van der Waals surface area contributed by atoms with Crippen LogP contribution in [0.3, 0.4) is 0 Å². The third-order valence-electron chi connectivity index (χ3n) is 1.77. The fourth-order valence-corrected chi connectivity index (χ4v) is 1.02. The standard InChI is InChI=1S/C9H8F4/c1-2-9(12,13)8-6(10)4-3-5-7(8)11/h3-5H,2H2,1H3. The molecule has 0 spiro atoms. The van der Waals surface area contributed by atoms with E-state index in [4.69, 9.17) is 0 Å². The summed E-state index contributed by atoms with van der Waals surface area (Å²) in [4.78, 5) is 0. The second kappa shape index (κ2) is 3.36. The molecule has 13 heavy (non-hydrogen) atoms. The maximum atomic E-state index is 12.9. The highest BCUT2D eigenvalue weighted by Gasteiger charge is 2.35. The summed E-state index contributed by atoms with van der Waals surface area (Å²) in [7, 11) is 0. The van der Waals surface area contributed by atoms with Crippen molar-refractivity contribution in [2.45, 2.75) is 19.3 Å². The van der Waals surface area contributed by atoms with Crippen LogP contribution in [-0.2, 0) is 5.92 Å². The zero-order chi connectivity index (χ0) is 10.1. The van der Waals surface area contributed by atoms with E-state index in [1.807, 2.05) is 0 Å². The molecule has 0 N–H and O–H groups in total. The van der Waals surface area contributed by atoms with Gasteiger partial charge >= 0.3 is 0 Å². The molecule has 1 aromatic carbocycles. The number of benzene rings is 1. The molecule has 0 atom stereocenters. The van der Waals surface area contributed by atoms with Crippen LogP contribution in [0, 0.1) is 11.6 Å². The zero-order valence-electron chi connectivity index (χ0n) is 6.95. The molecule has 0 fully saturated rings. The predicted molar refractivity (Wildman–Crippen MR) is 40.5 cm³/mol. The molecule has 0 aromatic heterocycles. The molecule has 1 aromatic rings. The quantitative estimate of drug-likeness (QED) is 0.629. The molecular weight excluding hydrogens is 184 g/mol. The predicted octanol–water partition coefficient (Wildman–Crippen LogP) is 3.47. The van der Waals surface area contributed by atoms with Gasteiger partial charge in [0.2, 0.25) is 0 Å². The van der Waals surface area contributed by atoms with Crippen LogP contribution < -0.4 is 0 Å². The van der Waals surface area contributed by atoms with Crippen molar-refractivity contribution in [3.63, 3.8) is 0 Å². The fourth-order valence-electron chi connectivity index (χ4n) is 1.02. The Kier molecular flexibility index (Phi) is 2.59. The molecule has 0 amide bonds. The highest BCUT2D eigenvalue weighted by atomic mass is 19.3. The van der Waals surface area contributed by atoms with Gasteiger partial charge in [0, 0.05) is 6.42 Å². The number of alkyl halides is 2. The molecular formula is C9H8F4. The maximum absolute atomic E-state index is 12.9. The molecule has 0 aliphatic carbocycles. The summed E-state index contributed by atoms with van der Waals surface area (Å²) in [5.74, 6) is -5.84. The second-order valence-corrected chi connectivity index (χ2v) is 2.65. The van der Waals surface area contributed by atoms with E-state index in [2.05, 4.69) is 0 Å². The lowest BCUT2D eigenvalue weighted by atomic mass is 10.1. The first-order chi connectivity index (χ1) is 5.99. The minimum Gasteiger partial charge on any atom is -0.206 e. The van der Waals surface area contributed by atoms with Gasteiger partial charge in [-0.1, -0.05) is 13.0 Å². The average Bonchev–Trinajstić information content (AvgIpc) is 2.03. The minimum atomic E-state index is -3.44. The Morgan fingerprint density at radius 3 is 2.00 bits per heavy atom. The van der Waals surface area contributed by atoms with Crippen molar-refractivity contribution in [3.05, 3.63) is 35.4 Å². The van der Waals surface area contributed by atoms with Crippen molar-refractivity contribution in [3.8, 4) is 0 Å². The molecule has 0 aliphatic rings. The van der Waals surface area contributed by atoms with Gasteiger partial charge in [-0.25, -0.2) is 17.6 Å². The summed E-state index contributed by atoms with van der Waals surface area (Å²) in [6, 6.07) is 2.70. The van der Waals surface area contributed by atoms with Gasteiger partial charge in [-0.05, 0) is 12.1 Å². The first-order valence-corrected chi connectivity index (χ1v) is 3.81. The average molecular weight is 192 g/mol. The van der Waals surface area contributed by atoms with E-state index < -0.39 is 29.5 Å². The van der Waals surface area contributed by atoms with Gasteiger partial charge in [0.1, 0.15) is 11.6 Å². The Hall–Kier alpha value is -1.06. The van der Waals surface area contributed by atoms with E-state index in [-0.39, 0.29) is 0 Å². The molecule has 0 saturated heterocycles. The molecule has 0 radical (unpaired) electrons. The van der Waals surface area contributed by atoms with Gasteiger partial charge in [0.05, 0.1) is 5.56 Å².